The van der Waals surface area contributed by atoms with Gasteiger partial charge in [0, 0.05) is 34.6 Å². The number of hydrogen-bond acceptors (Lipinski definition) is 5. The van der Waals surface area contributed by atoms with Crippen LogP contribution in [0, 0.1) is 6.92 Å². The van der Waals surface area contributed by atoms with Gasteiger partial charge in [-0.3, -0.25) is 9.78 Å². The lowest BCUT2D eigenvalue weighted by Gasteiger charge is -2.13. The summed E-state index contributed by atoms with van der Waals surface area (Å²) >= 11 is 0. The van der Waals surface area contributed by atoms with Crippen LogP contribution in [-0.2, 0) is 6.54 Å². The third-order valence-corrected chi connectivity index (χ3v) is 5.35. The minimum atomic E-state index is -0.198. The number of para-hydroxylation sites is 2. The summed E-state index contributed by atoms with van der Waals surface area (Å²) in [6.07, 6.45) is 1.71. The van der Waals surface area contributed by atoms with E-state index in [9.17, 15) is 9.90 Å². The Bertz CT molecular complexity index is 1420. The first-order valence-electron chi connectivity index (χ1n) is 10.2. The second kappa shape index (κ2) is 8.03. The van der Waals surface area contributed by atoms with Gasteiger partial charge in [0.25, 0.3) is 5.91 Å². The number of pyridine rings is 1. The van der Waals surface area contributed by atoms with Crippen LogP contribution in [-0.4, -0.2) is 26.0 Å². The van der Waals surface area contributed by atoms with Crippen molar-refractivity contribution in [1.29, 1.82) is 0 Å². The number of nitrogens with zero attached hydrogens (tertiary/aromatic N) is 2. The molecular weight excluding hydrogens is 402 g/mol. The summed E-state index contributed by atoms with van der Waals surface area (Å²) in [5, 5.41) is 16.9. The fraction of sp³-hybridized carbons (Fsp3) is 0.0800. The second-order valence-corrected chi connectivity index (χ2v) is 7.60. The van der Waals surface area contributed by atoms with Crippen LogP contribution in [0.25, 0.3) is 21.9 Å². The average Bonchev–Trinajstić information content (AvgIpc) is 3.23. The molecule has 0 aliphatic heterocycles. The van der Waals surface area contributed by atoms with E-state index in [1.165, 1.54) is 0 Å². The number of aromatic nitrogens is 3. The molecule has 5 aromatic rings. The lowest BCUT2D eigenvalue weighted by Crippen LogP contribution is -2.23. The van der Waals surface area contributed by atoms with Gasteiger partial charge in [-0.15, -0.1) is 0 Å². The fourth-order valence-electron chi connectivity index (χ4n) is 3.64. The number of aromatic amines is 1. The Balaban J connectivity index is 1.40. The zero-order chi connectivity index (χ0) is 22.1. The number of rotatable bonds is 5. The van der Waals surface area contributed by atoms with E-state index < -0.39 is 0 Å². The molecule has 5 rings (SSSR count). The molecule has 0 unspecified atom stereocenters. The number of H-pyrrole nitrogens is 1. The summed E-state index contributed by atoms with van der Waals surface area (Å²) in [6, 6.07) is 20.2. The maximum atomic E-state index is 12.8. The van der Waals surface area contributed by atoms with Crippen LogP contribution in [0.1, 0.15) is 21.7 Å². The van der Waals surface area contributed by atoms with Crippen LogP contribution < -0.4 is 10.6 Å². The summed E-state index contributed by atoms with van der Waals surface area (Å²) in [6.45, 7) is 2.26. The van der Waals surface area contributed by atoms with E-state index in [0.29, 0.717) is 17.9 Å². The minimum absolute atomic E-state index is 0.183. The fourth-order valence-corrected chi connectivity index (χ4v) is 3.64. The van der Waals surface area contributed by atoms with Crippen molar-refractivity contribution in [3.8, 4) is 5.75 Å². The zero-order valence-corrected chi connectivity index (χ0v) is 17.4. The highest BCUT2D eigenvalue weighted by atomic mass is 16.3. The third kappa shape index (κ3) is 3.83. The monoisotopic (exact) mass is 423 g/mol. The van der Waals surface area contributed by atoms with Crippen LogP contribution >= 0.6 is 0 Å². The Morgan fingerprint density at radius 2 is 1.88 bits per heavy atom. The van der Waals surface area contributed by atoms with E-state index in [-0.39, 0.29) is 11.7 Å². The van der Waals surface area contributed by atoms with Crippen molar-refractivity contribution < 1.29 is 9.90 Å². The molecule has 0 radical (unpaired) electrons. The van der Waals surface area contributed by atoms with Crippen LogP contribution in [0.4, 0.5) is 11.4 Å². The van der Waals surface area contributed by atoms with Gasteiger partial charge in [0.1, 0.15) is 11.6 Å². The quantitative estimate of drug-likeness (QED) is 0.325. The molecule has 0 fully saturated rings. The maximum Gasteiger partial charge on any atom is 0.251 e. The molecule has 158 valence electrons. The summed E-state index contributed by atoms with van der Waals surface area (Å²) < 4.78 is 0. The van der Waals surface area contributed by atoms with E-state index in [0.717, 1.165) is 38.9 Å². The SMILES string of the molecule is Cc1ccc(O)cc1Nc1ccnc2ccc(C(=O)NCc3nc4ccccc4[nH]3)cc12. The van der Waals surface area contributed by atoms with Gasteiger partial charge in [-0.05, 0) is 55.0 Å². The number of imidazole rings is 1. The highest BCUT2D eigenvalue weighted by Crippen LogP contribution is 2.29. The van der Waals surface area contributed by atoms with Gasteiger partial charge in [-0.25, -0.2) is 4.98 Å². The van der Waals surface area contributed by atoms with Crippen LogP contribution in [0.3, 0.4) is 0 Å². The van der Waals surface area contributed by atoms with E-state index in [1.54, 1.807) is 24.4 Å². The number of phenolic OH excluding ortho intramolecular Hbond substituents is 1. The van der Waals surface area contributed by atoms with E-state index in [1.807, 2.05) is 55.5 Å². The molecule has 0 spiro atoms. The number of carbonyl (C=O) groups excluding carboxylic acids is 1. The number of amides is 1. The molecule has 7 nitrogen and oxygen atoms in total. The molecule has 3 aromatic carbocycles. The predicted molar refractivity (Wildman–Crippen MR) is 125 cm³/mol. The van der Waals surface area contributed by atoms with Crippen LogP contribution in [0.15, 0.2) is 72.9 Å². The van der Waals surface area contributed by atoms with E-state index in [2.05, 4.69) is 25.6 Å². The standard InChI is InChI=1S/C25H21N5O2/c1-15-6-8-17(31)13-23(15)28-20-10-11-26-19-9-7-16(12-18(19)20)25(32)27-14-24-29-21-4-2-3-5-22(21)30-24/h2-13,31H,14H2,1H3,(H,26,28)(H,27,32)(H,29,30). The third-order valence-electron chi connectivity index (χ3n) is 5.35. The minimum Gasteiger partial charge on any atom is -0.508 e. The lowest BCUT2D eigenvalue weighted by molar-refractivity contribution is 0.0950. The summed E-state index contributed by atoms with van der Waals surface area (Å²) in [5.74, 6) is 0.682. The van der Waals surface area contributed by atoms with Crippen molar-refractivity contribution in [1.82, 2.24) is 20.3 Å². The lowest BCUT2D eigenvalue weighted by atomic mass is 10.1. The Hall–Kier alpha value is -4.39. The molecule has 32 heavy (non-hydrogen) atoms. The second-order valence-electron chi connectivity index (χ2n) is 7.60. The smallest absolute Gasteiger partial charge is 0.251 e. The molecule has 0 saturated heterocycles. The topological polar surface area (TPSA) is 103 Å². The highest BCUT2D eigenvalue weighted by Gasteiger charge is 2.11. The van der Waals surface area contributed by atoms with E-state index in [4.69, 9.17) is 0 Å². The van der Waals surface area contributed by atoms with Gasteiger partial charge in [-0.2, -0.15) is 0 Å². The first-order valence-corrected chi connectivity index (χ1v) is 10.2. The number of aryl methyl sites for hydroxylation is 1. The molecule has 2 aromatic heterocycles. The van der Waals surface area contributed by atoms with Gasteiger partial charge < -0.3 is 20.7 Å². The number of anilines is 2. The van der Waals surface area contributed by atoms with Gasteiger partial charge in [-0.1, -0.05) is 18.2 Å². The number of fused-ring (bicyclic) bond motifs is 2. The highest BCUT2D eigenvalue weighted by molar-refractivity contribution is 6.01. The number of benzene rings is 3. The van der Waals surface area contributed by atoms with E-state index >= 15 is 0 Å². The van der Waals surface area contributed by atoms with Crippen molar-refractivity contribution in [2.24, 2.45) is 0 Å². The van der Waals surface area contributed by atoms with Crippen LogP contribution in [0.2, 0.25) is 0 Å². The largest absolute Gasteiger partial charge is 0.508 e. The summed E-state index contributed by atoms with van der Waals surface area (Å²) in [4.78, 5) is 24.9. The molecule has 0 aliphatic carbocycles. The van der Waals surface area contributed by atoms with Crippen molar-refractivity contribution in [2.75, 3.05) is 5.32 Å². The normalized spacial score (nSPS) is 11.0. The number of nitrogens with one attached hydrogen (secondary N) is 3. The van der Waals surface area contributed by atoms with Crippen molar-refractivity contribution in [2.45, 2.75) is 13.5 Å². The van der Waals surface area contributed by atoms with Crippen molar-refractivity contribution in [3.63, 3.8) is 0 Å². The molecular formula is C25H21N5O2. The number of carbonyl (C=O) groups is 1. The van der Waals surface area contributed by atoms with Gasteiger partial charge in [0.2, 0.25) is 0 Å². The van der Waals surface area contributed by atoms with Crippen molar-refractivity contribution >= 4 is 39.2 Å². The van der Waals surface area contributed by atoms with Gasteiger partial charge in [0.05, 0.1) is 23.1 Å². The Morgan fingerprint density at radius 3 is 2.75 bits per heavy atom. The first kappa shape index (κ1) is 19.6. The summed E-state index contributed by atoms with van der Waals surface area (Å²) in [5.41, 5.74) is 5.68. The number of aromatic hydroxyl groups is 1. The molecule has 0 atom stereocenters. The molecule has 0 bridgehead atoms. The van der Waals surface area contributed by atoms with Gasteiger partial charge in [0.15, 0.2) is 0 Å². The molecule has 1 amide bonds. The molecule has 7 heteroatoms. The zero-order valence-electron chi connectivity index (χ0n) is 17.4. The Labute approximate surface area is 184 Å². The van der Waals surface area contributed by atoms with Crippen molar-refractivity contribution in [3.05, 3.63) is 89.9 Å². The first-order chi connectivity index (χ1) is 15.6. The Morgan fingerprint density at radius 1 is 1.00 bits per heavy atom. The van der Waals surface area contributed by atoms with Crippen LogP contribution in [0.5, 0.6) is 5.75 Å². The summed E-state index contributed by atoms with van der Waals surface area (Å²) in [7, 11) is 0. The average molecular weight is 423 g/mol. The maximum absolute atomic E-state index is 12.8. The molecule has 0 saturated carbocycles. The number of phenols is 1. The van der Waals surface area contributed by atoms with Gasteiger partial charge >= 0.3 is 0 Å². The molecule has 0 aliphatic rings. The Kier molecular flexibility index (Phi) is 4.91. The molecule has 4 N–H and O–H groups in total. The predicted octanol–water partition coefficient (Wildman–Crippen LogP) is 4.80. The number of hydrogen-bond donors (Lipinski definition) is 4. The molecule has 2 heterocycles.